The summed E-state index contributed by atoms with van der Waals surface area (Å²) in [6.07, 6.45) is 4.03. The maximum atomic E-state index is 12.9. The van der Waals surface area contributed by atoms with Crippen LogP contribution in [-0.4, -0.2) is 36.8 Å². The van der Waals surface area contributed by atoms with E-state index in [0.717, 1.165) is 36.5 Å². The predicted molar refractivity (Wildman–Crippen MR) is 110 cm³/mol. The van der Waals surface area contributed by atoms with Crippen LogP contribution in [0.25, 0.3) is 11.3 Å². The maximum Gasteiger partial charge on any atom is 0.255 e. The van der Waals surface area contributed by atoms with Crippen molar-refractivity contribution in [2.75, 3.05) is 26.6 Å². The fourth-order valence-corrected chi connectivity index (χ4v) is 3.66. The largest absolute Gasteiger partial charge is 0.493 e. The number of amides is 1. The van der Waals surface area contributed by atoms with E-state index in [1.807, 2.05) is 30.5 Å². The summed E-state index contributed by atoms with van der Waals surface area (Å²) in [5.41, 5.74) is 3.21. The van der Waals surface area contributed by atoms with E-state index in [1.165, 1.54) is 21.3 Å². The molecule has 1 aliphatic rings. The van der Waals surface area contributed by atoms with Crippen molar-refractivity contribution in [3.63, 3.8) is 0 Å². The van der Waals surface area contributed by atoms with Gasteiger partial charge in [0.05, 0.1) is 33.2 Å². The molecule has 1 amide bonds. The Morgan fingerprint density at radius 3 is 2.52 bits per heavy atom. The third-order valence-electron chi connectivity index (χ3n) is 5.06. The van der Waals surface area contributed by atoms with Gasteiger partial charge in [-0.25, -0.2) is 4.98 Å². The van der Waals surface area contributed by atoms with E-state index in [-0.39, 0.29) is 5.91 Å². The first-order valence-electron chi connectivity index (χ1n) is 9.40. The number of methoxy groups -OCH3 is 3. The fourth-order valence-electron chi connectivity index (χ4n) is 3.66. The molecule has 2 aromatic carbocycles. The van der Waals surface area contributed by atoms with Crippen LogP contribution in [0.1, 0.15) is 22.6 Å². The maximum absolute atomic E-state index is 12.9. The zero-order chi connectivity index (χ0) is 20.4. The van der Waals surface area contributed by atoms with E-state index < -0.39 is 0 Å². The average molecular weight is 393 g/mol. The van der Waals surface area contributed by atoms with Gasteiger partial charge in [0.2, 0.25) is 5.75 Å². The molecule has 0 spiro atoms. The first kappa shape index (κ1) is 18.9. The van der Waals surface area contributed by atoms with Crippen molar-refractivity contribution < 1.29 is 19.0 Å². The number of rotatable bonds is 6. The lowest BCUT2D eigenvalue weighted by Crippen LogP contribution is -2.12. The molecule has 0 radical (unpaired) electrons. The molecule has 7 heteroatoms. The van der Waals surface area contributed by atoms with E-state index in [1.54, 1.807) is 12.1 Å². The normalized spacial score (nSPS) is 12.4. The number of hydrogen-bond acceptors (Lipinski definition) is 5. The number of nitrogens with zero attached hydrogens (tertiary/aromatic N) is 2. The lowest BCUT2D eigenvalue weighted by molar-refractivity contribution is 0.102. The molecule has 0 saturated heterocycles. The zero-order valence-corrected chi connectivity index (χ0v) is 16.7. The SMILES string of the molecule is COc1cc(C(=O)Nc2cccc(-c3cnc4n3CCC4)c2)cc(OC)c1OC. The van der Waals surface area contributed by atoms with Crippen molar-refractivity contribution in [2.24, 2.45) is 0 Å². The summed E-state index contributed by atoms with van der Waals surface area (Å²) < 4.78 is 18.2. The zero-order valence-electron chi connectivity index (χ0n) is 16.7. The smallest absolute Gasteiger partial charge is 0.255 e. The van der Waals surface area contributed by atoms with Gasteiger partial charge in [-0.3, -0.25) is 4.79 Å². The van der Waals surface area contributed by atoms with Gasteiger partial charge in [0.1, 0.15) is 5.82 Å². The highest BCUT2D eigenvalue weighted by Gasteiger charge is 2.19. The number of ether oxygens (including phenoxy) is 3. The molecule has 0 atom stereocenters. The van der Waals surface area contributed by atoms with Crippen molar-refractivity contribution in [2.45, 2.75) is 19.4 Å². The fraction of sp³-hybridized carbons (Fsp3) is 0.273. The Balaban J connectivity index is 1.61. The first-order valence-corrected chi connectivity index (χ1v) is 9.40. The van der Waals surface area contributed by atoms with E-state index in [0.29, 0.717) is 28.5 Å². The standard InChI is InChI=1S/C22H23N3O4/c1-27-18-11-15(12-19(28-2)21(18)29-3)22(26)24-16-7-4-6-14(10-16)17-13-23-20-8-5-9-25(17)20/h4,6-7,10-13H,5,8-9H2,1-3H3,(H,24,26). The topological polar surface area (TPSA) is 74.6 Å². The summed E-state index contributed by atoms with van der Waals surface area (Å²) in [4.78, 5) is 17.4. The molecule has 1 N–H and O–H groups in total. The monoisotopic (exact) mass is 393 g/mol. The van der Waals surface area contributed by atoms with Crippen LogP contribution in [0.2, 0.25) is 0 Å². The van der Waals surface area contributed by atoms with Gasteiger partial charge >= 0.3 is 0 Å². The Hall–Kier alpha value is -3.48. The third kappa shape index (κ3) is 3.51. The molecular weight excluding hydrogens is 370 g/mol. The second kappa shape index (κ2) is 7.87. The molecule has 1 aliphatic heterocycles. The molecule has 0 fully saturated rings. The molecule has 2 heterocycles. The number of hydrogen-bond donors (Lipinski definition) is 1. The van der Waals surface area contributed by atoms with Crippen molar-refractivity contribution in [1.82, 2.24) is 9.55 Å². The molecular formula is C22H23N3O4. The van der Waals surface area contributed by atoms with Crippen LogP contribution in [-0.2, 0) is 13.0 Å². The van der Waals surface area contributed by atoms with Gasteiger partial charge in [-0.05, 0) is 30.7 Å². The van der Waals surface area contributed by atoms with Crippen molar-refractivity contribution in [3.05, 3.63) is 54.0 Å². The Labute approximate surface area is 169 Å². The second-order valence-corrected chi connectivity index (χ2v) is 6.76. The molecule has 0 bridgehead atoms. The highest BCUT2D eigenvalue weighted by atomic mass is 16.5. The molecule has 29 heavy (non-hydrogen) atoms. The molecule has 0 aliphatic carbocycles. The van der Waals surface area contributed by atoms with E-state index >= 15 is 0 Å². The van der Waals surface area contributed by atoms with Gasteiger partial charge in [-0.2, -0.15) is 0 Å². The van der Waals surface area contributed by atoms with Gasteiger partial charge in [-0.15, -0.1) is 0 Å². The Bertz CT molecular complexity index is 1030. The number of imidazole rings is 1. The van der Waals surface area contributed by atoms with Gasteiger partial charge < -0.3 is 24.1 Å². The highest BCUT2D eigenvalue weighted by Crippen LogP contribution is 2.38. The molecule has 4 rings (SSSR count). The molecule has 1 aromatic heterocycles. The highest BCUT2D eigenvalue weighted by molar-refractivity contribution is 6.05. The summed E-state index contributed by atoms with van der Waals surface area (Å²) in [6, 6.07) is 11.0. The van der Waals surface area contributed by atoms with E-state index in [9.17, 15) is 4.79 Å². The van der Waals surface area contributed by atoms with Crippen LogP contribution in [0.5, 0.6) is 17.2 Å². The Kier molecular flexibility index (Phi) is 5.12. The van der Waals surface area contributed by atoms with E-state index in [2.05, 4.69) is 14.9 Å². The van der Waals surface area contributed by atoms with Crippen LogP contribution in [0, 0.1) is 0 Å². The Morgan fingerprint density at radius 2 is 1.83 bits per heavy atom. The average Bonchev–Trinajstić information content (AvgIpc) is 3.36. The molecule has 150 valence electrons. The van der Waals surface area contributed by atoms with Crippen LogP contribution in [0.4, 0.5) is 5.69 Å². The number of aryl methyl sites for hydroxylation is 1. The minimum Gasteiger partial charge on any atom is -0.493 e. The number of carbonyl (C=O) groups excluding carboxylic acids is 1. The molecule has 3 aromatic rings. The van der Waals surface area contributed by atoms with Gasteiger partial charge in [-0.1, -0.05) is 12.1 Å². The van der Waals surface area contributed by atoms with Crippen LogP contribution < -0.4 is 19.5 Å². The van der Waals surface area contributed by atoms with Crippen LogP contribution in [0.15, 0.2) is 42.6 Å². The van der Waals surface area contributed by atoms with Gasteiger partial charge in [0.25, 0.3) is 5.91 Å². The van der Waals surface area contributed by atoms with Crippen molar-refractivity contribution in [1.29, 1.82) is 0 Å². The molecule has 0 saturated carbocycles. The summed E-state index contributed by atoms with van der Waals surface area (Å²) in [7, 11) is 4.57. The third-order valence-corrected chi connectivity index (χ3v) is 5.06. The summed E-state index contributed by atoms with van der Waals surface area (Å²) >= 11 is 0. The number of carbonyl (C=O) groups is 1. The van der Waals surface area contributed by atoms with Crippen molar-refractivity contribution >= 4 is 11.6 Å². The summed E-state index contributed by atoms with van der Waals surface area (Å²) in [5, 5.41) is 2.95. The van der Waals surface area contributed by atoms with E-state index in [4.69, 9.17) is 14.2 Å². The van der Waals surface area contributed by atoms with Crippen LogP contribution in [0.3, 0.4) is 0 Å². The lowest BCUT2D eigenvalue weighted by Gasteiger charge is -2.14. The second-order valence-electron chi connectivity index (χ2n) is 6.76. The minimum absolute atomic E-state index is 0.264. The lowest BCUT2D eigenvalue weighted by atomic mass is 10.1. The first-order chi connectivity index (χ1) is 14.1. The number of benzene rings is 2. The molecule has 0 unspecified atom stereocenters. The number of aromatic nitrogens is 2. The van der Waals surface area contributed by atoms with Crippen LogP contribution >= 0.6 is 0 Å². The van der Waals surface area contributed by atoms with Gasteiger partial charge in [0.15, 0.2) is 11.5 Å². The summed E-state index contributed by atoms with van der Waals surface area (Å²) in [6.45, 7) is 0.979. The predicted octanol–water partition coefficient (Wildman–Crippen LogP) is 3.77. The molecule has 7 nitrogen and oxygen atoms in total. The quantitative estimate of drug-likeness (QED) is 0.690. The number of nitrogens with one attached hydrogen (secondary N) is 1. The van der Waals surface area contributed by atoms with Crippen molar-refractivity contribution in [3.8, 4) is 28.5 Å². The number of fused-ring (bicyclic) bond motifs is 1. The summed E-state index contributed by atoms with van der Waals surface area (Å²) in [5.74, 6) is 2.16. The van der Waals surface area contributed by atoms with Gasteiger partial charge in [0, 0.05) is 29.8 Å². The Morgan fingerprint density at radius 1 is 1.07 bits per heavy atom. The minimum atomic E-state index is -0.264. The number of anilines is 1.